The Hall–Kier alpha value is -2.01. The summed E-state index contributed by atoms with van der Waals surface area (Å²) in [7, 11) is 0. The fraction of sp³-hybridized carbons (Fsp3) is 0.308. The van der Waals surface area contributed by atoms with E-state index in [9.17, 15) is 0 Å². The lowest BCUT2D eigenvalue weighted by atomic mass is 10.1. The van der Waals surface area contributed by atoms with Crippen LogP contribution in [0.2, 0.25) is 0 Å². The van der Waals surface area contributed by atoms with Gasteiger partial charge in [0, 0.05) is 36.3 Å². The number of hydrogen-bond acceptors (Lipinski definition) is 5. The second-order valence-corrected chi connectivity index (χ2v) is 4.27. The SMILES string of the molecule is c1ncc(-c2cncc(OC3CCNC3)c2)cn1. The van der Waals surface area contributed by atoms with Crippen molar-refractivity contribution >= 4 is 0 Å². The number of hydrogen-bond donors (Lipinski definition) is 1. The quantitative estimate of drug-likeness (QED) is 0.878. The van der Waals surface area contributed by atoms with Crippen molar-refractivity contribution in [2.75, 3.05) is 13.1 Å². The molecule has 0 radical (unpaired) electrons. The van der Waals surface area contributed by atoms with E-state index in [1.54, 1.807) is 24.8 Å². The predicted octanol–water partition coefficient (Wildman–Crippen LogP) is 1.28. The molecule has 0 bridgehead atoms. The molecule has 1 N–H and O–H groups in total. The molecule has 5 nitrogen and oxygen atoms in total. The second-order valence-electron chi connectivity index (χ2n) is 4.27. The molecule has 5 heteroatoms. The topological polar surface area (TPSA) is 59.9 Å². The highest BCUT2D eigenvalue weighted by Gasteiger charge is 2.16. The number of aromatic nitrogens is 3. The first-order valence-corrected chi connectivity index (χ1v) is 5.99. The van der Waals surface area contributed by atoms with E-state index in [-0.39, 0.29) is 6.10 Å². The van der Waals surface area contributed by atoms with Crippen LogP contribution in [-0.4, -0.2) is 34.1 Å². The van der Waals surface area contributed by atoms with Crippen LogP contribution in [0.1, 0.15) is 6.42 Å². The van der Waals surface area contributed by atoms with Gasteiger partial charge in [0.15, 0.2) is 0 Å². The monoisotopic (exact) mass is 242 g/mol. The van der Waals surface area contributed by atoms with E-state index in [2.05, 4.69) is 20.3 Å². The molecule has 3 heterocycles. The summed E-state index contributed by atoms with van der Waals surface area (Å²) in [5, 5.41) is 3.27. The molecule has 1 fully saturated rings. The Balaban J connectivity index is 1.80. The molecular formula is C13H14N4O. The highest BCUT2D eigenvalue weighted by molar-refractivity contribution is 5.61. The minimum atomic E-state index is 0.245. The molecule has 0 spiro atoms. The normalized spacial score (nSPS) is 18.8. The molecule has 0 saturated carbocycles. The molecule has 92 valence electrons. The molecular weight excluding hydrogens is 228 g/mol. The molecule has 2 aromatic heterocycles. The summed E-state index contributed by atoms with van der Waals surface area (Å²) >= 11 is 0. The van der Waals surface area contributed by atoms with Gasteiger partial charge >= 0.3 is 0 Å². The molecule has 1 aliphatic heterocycles. The van der Waals surface area contributed by atoms with Crippen LogP contribution in [0.15, 0.2) is 37.2 Å². The van der Waals surface area contributed by atoms with Crippen molar-refractivity contribution in [3.8, 4) is 16.9 Å². The zero-order valence-corrected chi connectivity index (χ0v) is 9.91. The Morgan fingerprint density at radius 3 is 2.67 bits per heavy atom. The van der Waals surface area contributed by atoms with Crippen LogP contribution in [-0.2, 0) is 0 Å². The van der Waals surface area contributed by atoms with Gasteiger partial charge in [-0.3, -0.25) is 4.98 Å². The highest BCUT2D eigenvalue weighted by atomic mass is 16.5. The third-order valence-corrected chi connectivity index (χ3v) is 2.92. The van der Waals surface area contributed by atoms with E-state index in [4.69, 9.17) is 4.74 Å². The van der Waals surface area contributed by atoms with Crippen molar-refractivity contribution in [3.05, 3.63) is 37.2 Å². The van der Waals surface area contributed by atoms with Crippen LogP contribution < -0.4 is 10.1 Å². The third-order valence-electron chi connectivity index (χ3n) is 2.92. The molecule has 2 aromatic rings. The highest BCUT2D eigenvalue weighted by Crippen LogP contribution is 2.22. The Bertz CT molecular complexity index is 511. The number of ether oxygens (including phenoxy) is 1. The summed E-state index contributed by atoms with van der Waals surface area (Å²) in [6.45, 7) is 1.92. The number of nitrogens with zero attached hydrogens (tertiary/aromatic N) is 3. The van der Waals surface area contributed by atoms with E-state index in [0.717, 1.165) is 36.4 Å². The predicted molar refractivity (Wildman–Crippen MR) is 67.2 cm³/mol. The van der Waals surface area contributed by atoms with Gasteiger partial charge < -0.3 is 10.1 Å². The molecule has 18 heavy (non-hydrogen) atoms. The Morgan fingerprint density at radius 2 is 1.89 bits per heavy atom. The molecule has 3 rings (SSSR count). The third kappa shape index (κ3) is 2.46. The summed E-state index contributed by atoms with van der Waals surface area (Å²) in [5.74, 6) is 0.796. The van der Waals surface area contributed by atoms with E-state index >= 15 is 0 Å². The Kier molecular flexibility index (Phi) is 3.14. The Morgan fingerprint density at radius 1 is 1.06 bits per heavy atom. The molecule has 1 saturated heterocycles. The zero-order chi connectivity index (χ0) is 12.2. The van der Waals surface area contributed by atoms with Gasteiger partial charge in [-0.05, 0) is 19.0 Å². The zero-order valence-electron chi connectivity index (χ0n) is 9.91. The average molecular weight is 242 g/mol. The van der Waals surface area contributed by atoms with Crippen molar-refractivity contribution in [3.63, 3.8) is 0 Å². The fourth-order valence-corrected chi connectivity index (χ4v) is 2.01. The first-order valence-electron chi connectivity index (χ1n) is 5.99. The van der Waals surface area contributed by atoms with Crippen LogP contribution in [0, 0.1) is 0 Å². The minimum absolute atomic E-state index is 0.245. The average Bonchev–Trinajstić information content (AvgIpc) is 2.93. The van der Waals surface area contributed by atoms with Gasteiger partial charge in [-0.15, -0.1) is 0 Å². The fourth-order valence-electron chi connectivity index (χ4n) is 2.01. The van der Waals surface area contributed by atoms with Gasteiger partial charge in [0.1, 0.15) is 18.2 Å². The summed E-state index contributed by atoms with van der Waals surface area (Å²) < 4.78 is 5.87. The first kappa shape index (κ1) is 11.1. The largest absolute Gasteiger partial charge is 0.487 e. The van der Waals surface area contributed by atoms with Crippen molar-refractivity contribution in [2.24, 2.45) is 0 Å². The molecule has 0 aliphatic carbocycles. The van der Waals surface area contributed by atoms with Crippen LogP contribution in [0.3, 0.4) is 0 Å². The molecule has 0 aromatic carbocycles. The lowest BCUT2D eigenvalue weighted by molar-refractivity contribution is 0.222. The minimum Gasteiger partial charge on any atom is -0.487 e. The molecule has 1 unspecified atom stereocenters. The van der Waals surface area contributed by atoms with Gasteiger partial charge in [-0.1, -0.05) is 0 Å². The first-order chi connectivity index (χ1) is 8.92. The van der Waals surface area contributed by atoms with Gasteiger partial charge in [-0.2, -0.15) is 0 Å². The summed E-state index contributed by atoms with van der Waals surface area (Å²) in [5.41, 5.74) is 1.92. The van der Waals surface area contributed by atoms with Crippen LogP contribution >= 0.6 is 0 Å². The van der Waals surface area contributed by atoms with Crippen molar-refractivity contribution in [1.29, 1.82) is 0 Å². The van der Waals surface area contributed by atoms with E-state index in [0.29, 0.717) is 0 Å². The molecule has 1 atom stereocenters. The second kappa shape index (κ2) is 5.10. The lowest BCUT2D eigenvalue weighted by Crippen LogP contribution is -2.19. The van der Waals surface area contributed by atoms with Crippen LogP contribution in [0.25, 0.3) is 11.1 Å². The van der Waals surface area contributed by atoms with Gasteiger partial charge in [0.2, 0.25) is 0 Å². The summed E-state index contributed by atoms with van der Waals surface area (Å²) in [6, 6.07) is 1.98. The van der Waals surface area contributed by atoms with E-state index in [1.807, 2.05) is 6.07 Å². The van der Waals surface area contributed by atoms with E-state index < -0.39 is 0 Å². The van der Waals surface area contributed by atoms with Gasteiger partial charge in [0.25, 0.3) is 0 Å². The van der Waals surface area contributed by atoms with E-state index in [1.165, 1.54) is 6.33 Å². The maximum atomic E-state index is 5.87. The number of nitrogens with one attached hydrogen (secondary N) is 1. The standard InChI is InChI=1S/C13H14N4O/c1-2-14-7-12(1)18-13-3-10(4-15-8-13)11-5-16-9-17-6-11/h3-6,8-9,12,14H,1-2,7H2. The molecule has 0 amide bonds. The maximum absolute atomic E-state index is 5.87. The number of rotatable bonds is 3. The Labute approximate surface area is 105 Å². The van der Waals surface area contributed by atoms with Crippen molar-refractivity contribution < 1.29 is 4.74 Å². The van der Waals surface area contributed by atoms with Crippen LogP contribution in [0.5, 0.6) is 5.75 Å². The molecule has 1 aliphatic rings. The van der Waals surface area contributed by atoms with Crippen LogP contribution in [0.4, 0.5) is 0 Å². The number of pyridine rings is 1. The van der Waals surface area contributed by atoms with Gasteiger partial charge in [-0.25, -0.2) is 9.97 Å². The lowest BCUT2D eigenvalue weighted by Gasteiger charge is -2.12. The van der Waals surface area contributed by atoms with Gasteiger partial charge in [0.05, 0.1) is 6.20 Å². The van der Waals surface area contributed by atoms with Crippen molar-refractivity contribution in [2.45, 2.75) is 12.5 Å². The summed E-state index contributed by atoms with van der Waals surface area (Å²) in [6.07, 6.45) is 9.87. The smallest absolute Gasteiger partial charge is 0.138 e. The maximum Gasteiger partial charge on any atom is 0.138 e. The van der Waals surface area contributed by atoms with Crippen molar-refractivity contribution in [1.82, 2.24) is 20.3 Å². The summed E-state index contributed by atoms with van der Waals surface area (Å²) in [4.78, 5) is 12.2.